The molecule has 0 saturated heterocycles. The molecule has 2 N–H and O–H groups in total. The van der Waals surface area contributed by atoms with Crippen molar-refractivity contribution in [3.05, 3.63) is 33.8 Å². The predicted molar refractivity (Wildman–Crippen MR) is 87.4 cm³/mol. The fraction of sp³-hybridized carbons (Fsp3) is 0.308. The minimum absolute atomic E-state index is 0.146. The van der Waals surface area contributed by atoms with Crippen LogP contribution >= 0.6 is 35.0 Å². The molecule has 0 aliphatic rings. The van der Waals surface area contributed by atoms with E-state index in [0.717, 1.165) is 5.56 Å². The number of benzene rings is 1. The molecule has 118 valence electrons. The molecule has 1 aromatic heterocycles. The molecule has 0 spiro atoms. The van der Waals surface area contributed by atoms with Gasteiger partial charge in [0.25, 0.3) is 0 Å². The van der Waals surface area contributed by atoms with Crippen molar-refractivity contribution in [3.63, 3.8) is 0 Å². The Morgan fingerprint density at radius 1 is 1.36 bits per heavy atom. The van der Waals surface area contributed by atoms with Gasteiger partial charge in [-0.15, -0.1) is 10.2 Å². The number of hydrogen-bond acceptors (Lipinski definition) is 6. The number of aromatic nitrogens is 3. The van der Waals surface area contributed by atoms with Crippen LogP contribution in [0.15, 0.2) is 23.4 Å². The van der Waals surface area contributed by atoms with Gasteiger partial charge in [-0.1, -0.05) is 41.0 Å². The molecule has 1 aromatic carbocycles. The summed E-state index contributed by atoms with van der Waals surface area (Å²) in [6.07, 6.45) is 0. The van der Waals surface area contributed by atoms with Crippen molar-refractivity contribution in [2.45, 2.75) is 18.6 Å². The number of ether oxygens (including phenoxy) is 1. The number of nitrogens with zero attached hydrogens (tertiary/aromatic N) is 3. The molecule has 0 atom stereocenters. The van der Waals surface area contributed by atoms with Crippen LogP contribution in [0.25, 0.3) is 0 Å². The zero-order valence-electron chi connectivity index (χ0n) is 11.8. The second-order valence-electron chi connectivity index (χ2n) is 4.27. The topological polar surface area (TPSA) is 83.0 Å². The van der Waals surface area contributed by atoms with E-state index in [9.17, 15) is 4.79 Å². The number of rotatable bonds is 6. The molecular formula is C13H14Cl2N4O2S. The van der Waals surface area contributed by atoms with Gasteiger partial charge in [-0.05, 0) is 24.6 Å². The van der Waals surface area contributed by atoms with Gasteiger partial charge in [0.15, 0.2) is 5.16 Å². The molecule has 9 heteroatoms. The Labute approximate surface area is 141 Å². The molecule has 1 heterocycles. The number of carbonyl (C=O) groups excluding carboxylic acids is 1. The van der Waals surface area contributed by atoms with E-state index in [1.807, 2.05) is 6.07 Å². The van der Waals surface area contributed by atoms with E-state index in [1.165, 1.54) is 11.8 Å². The number of nitrogens with two attached hydrogens (primary N) is 1. The fourth-order valence-electron chi connectivity index (χ4n) is 1.70. The quantitative estimate of drug-likeness (QED) is 0.629. The number of carbonyl (C=O) groups is 1. The normalized spacial score (nSPS) is 10.7. The molecule has 0 saturated carbocycles. The first-order valence-electron chi connectivity index (χ1n) is 6.42. The third-order valence-corrected chi connectivity index (χ3v) is 4.37. The zero-order chi connectivity index (χ0) is 16.1. The SMILES string of the molecule is CCOC(=O)CSc1nnc(N)n1Cc1ccc(Cl)c(Cl)c1. The van der Waals surface area contributed by atoms with Gasteiger partial charge in [0.05, 0.1) is 28.9 Å². The van der Waals surface area contributed by atoms with E-state index >= 15 is 0 Å². The number of thioether (sulfide) groups is 1. The average molecular weight is 361 g/mol. The third kappa shape index (κ3) is 4.28. The summed E-state index contributed by atoms with van der Waals surface area (Å²) >= 11 is 13.1. The van der Waals surface area contributed by atoms with Crippen LogP contribution in [0, 0.1) is 0 Å². The number of nitrogen functional groups attached to an aromatic ring is 1. The van der Waals surface area contributed by atoms with Crippen LogP contribution in [0.5, 0.6) is 0 Å². The Morgan fingerprint density at radius 2 is 2.14 bits per heavy atom. The Bertz CT molecular complexity index is 678. The summed E-state index contributed by atoms with van der Waals surface area (Å²) in [6.45, 7) is 2.53. The monoisotopic (exact) mass is 360 g/mol. The first-order valence-corrected chi connectivity index (χ1v) is 8.16. The maximum Gasteiger partial charge on any atom is 0.316 e. The number of esters is 1. The Morgan fingerprint density at radius 3 is 2.82 bits per heavy atom. The zero-order valence-corrected chi connectivity index (χ0v) is 14.1. The van der Waals surface area contributed by atoms with Crippen molar-refractivity contribution in [2.24, 2.45) is 0 Å². The van der Waals surface area contributed by atoms with Crippen LogP contribution in [0.1, 0.15) is 12.5 Å². The smallest absolute Gasteiger partial charge is 0.316 e. The molecule has 0 aliphatic carbocycles. The van der Waals surface area contributed by atoms with E-state index in [1.54, 1.807) is 23.6 Å². The Hall–Kier alpha value is -1.44. The summed E-state index contributed by atoms with van der Waals surface area (Å²) in [5, 5.41) is 9.29. The molecular weight excluding hydrogens is 347 g/mol. The maximum absolute atomic E-state index is 11.4. The molecule has 2 aromatic rings. The van der Waals surface area contributed by atoms with Gasteiger partial charge in [-0.2, -0.15) is 0 Å². The predicted octanol–water partition coefficient (Wildman–Crippen LogP) is 2.87. The van der Waals surface area contributed by atoms with Crippen molar-refractivity contribution < 1.29 is 9.53 Å². The van der Waals surface area contributed by atoms with Crippen LogP contribution in [0.3, 0.4) is 0 Å². The highest BCUT2D eigenvalue weighted by Crippen LogP contribution is 2.25. The average Bonchev–Trinajstić information content (AvgIpc) is 2.82. The van der Waals surface area contributed by atoms with Gasteiger partial charge in [0.1, 0.15) is 0 Å². The van der Waals surface area contributed by atoms with Crippen molar-refractivity contribution in [1.29, 1.82) is 0 Å². The van der Waals surface area contributed by atoms with Gasteiger partial charge >= 0.3 is 5.97 Å². The van der Waals surface area contributed by atoms with Crippen molar-refractivity contribution in [3.8, 4) is 0 Å². The first-order chi connectivity index (χ1) is 10.5. The van der Waals surface area contributed by atoms with E-state index in [0.29, 0.717) is 28.4 Å². The van der Waals surface area contributed by atoms with Crippen molar-refractivity contribution in [2.75, 3.05) is 18.1 Å². The lowest BCUT2D eigenvalue weighted by Gasteiger charge is -2.09. The Kier molecular flexibility index (Phi) is 5.93. The molecule has 0 radical (unpaired) electrons. The molecule has 6 nitrogen and oxygen atoms in total. The Balaban J connectivity index is 2.11. The van der Waals surface area contributed by atoms with E-state index in [4.69, 9.17) is 33.7 Å². The number of hydrogen-bond donors (Lipinski definition) is 1. The summed E-state index contributed by atoms with van der Waals surface area (Å²) in [5.41, 5.74) is 6.72. The van der Waals surface area contributed by atoms with Gasteiger partial charge in [-0.3, -0.25) is 9.36 Å². The number of anilines is 1. The van der Waals surface area contributed by atoms with E-state index in [-0.39, 0.29) is 17.7 Å². The third-order valence-electron chi connectivity index (χ3n) is 2.69. The molecule has 0 bridgehead atoms. The summed E-state index contributed by atoms with van der Waals surface area (Å²) in [6, 6.07) is 5.31. The minimum Gasteiger partial charge on any atom is -0.465 e. The lowest BCUT2D eigenvalue weighted by molar-refractivity contribution is -0.139. The molecule has 0 amide bonds. The van der Waals surface area contributed by atoms with E-state index in [2.05, 4.69) is 10.2 Å². The molecule has 22 heavy (non-hydrogen) atoms. The van der Waals surface area contributed by atoms with Crippen LogP contribution < -0.4 is 5.73 Å². The molecule has 2 rings (SSSR count). The fourth-order valence-corrected chi connectivity index (χ4v) is 2.77. The van der Waals surface area contributed by atoms with Crippen LogP contribution in [0.4, 0.5) is 5.95 Å². The largest absolute Gasteiger partial charge is 0.465 e. The van der Waals surface area contributed by atoms with Crippen LogP contribution in [-0.4, -0.2) is 33.1 Å². The van der Waals surface area contributed by atoms with Gasteiger partial charge in [0, 0.05) is 0 Å². The standard InChI is InChI=1S/C13H14Cl2N4O2S/c1-2-21-11(20)7-22-13-18-17-12(16)19(13)6-8-3-4-9(14)10(15)5-8/h3-5H,2,6-7H2,1H3,(H2,16,17). The highest BCUT2D eigenvalue weighted by Gasteiger charge is 2.13. The lowest BCUT2D eigenvalue weighted by Crippen LogP contribution is -2.09. The van der Waals surface area contributed by atoms with Crippen LogP contribution in [0.2, 0.25) is 10.0 Å². The van der Waals surface area contributed by atoms with Crippen LogP contribution in [-0.2, 0) is 16.1 Å². The molecule has 0 fully saturated rings. The van der Waals surface area contributed by atoms with E-state index < -0.39 is 0 Å². The highest BCUT2D eigenvalue weighted by molar-refractivity contribution is 7.99. The summed E-state index contributed by atoms with van der Waals surface area (Å²) in [4.78, 5) is 11.4. The van der Waals surface area contributed by atoms with Crippen molar-refractivity contribution >= 4 is 46.9 Å². The number of halogens is 2. The molecule has 0 aliphatic heterocycles. The lowest BCUT2D eigenvalue weighted by atomic mass is 10.2. The second-order valence-corrected chi connectivity index (χ2v) is 6.03. The maximum atomic E-state index is 11.4. The van der Waals surface area contributed by atoms with Gasteiger partial charge in [-0.25, -0.2) is 0 Å². The van der Waals surface area contributed by atoms with Gasteiger partial charge in [0.2, 0.25) is 5.95 Å². The van der Waals surface area contributed by atoms with Crippen molar-refractivity contribution in [1.82, 2.24) is 14.8 Å². The minimum atomic E-state index is -0.310. The molecule has 0 unspecified atom stereocenters. The van der Waals surface area contributed by atoms with Gasteiger partial charge < -0.3 is 10.5 Å². The summed E-state index contributed by atoms with van der Waals surface area (Å²) in [5.74, 6) is 0.0977. The summed E-state index contributed by atoms with van der Waals surface area (Å²) in [7, 11) is 0. The highest BCUT2D eigenvalue weighted by atomic mass is 35.5. The second kappa shape index (κ2) is 7.71. The first kappa shape index (κ1) is 16.9. The summed E-state index contributed by atoms with van der Waals surface area (Å²) < 4.78 is 6.57.